The number of amides is 1. The number of hydrogen-bond acceptors (Lipinski definition) is 4. The molecule has 4 rings (SSSR count). The van der Waals surface area contributed by atoms with Gasteiger partial charge < -0.3 is 19.4 Å². The van der Waals surface area contributed by atoms with E-state index in [0.717, 1.165) is 41.1 Å². The van der Waals surface area contributed by atoms with E-state index in [1.165, 1.54) is 6.42 Å². The zero-order chi connectivity index (χ0) is 19.7. The minimum absolute atomic E-state index is 0.133. The maximum atomic E-state index is 12.7. The molecule has 28 heavy (non-hydrogen) atoms. The minimum Gasteiger partial charge on any atom is -0.497 e. The van der Waals surface area contributed by atoms with Crippen LogP contribution in [0.4, 0.5) is 0 Å². The number of carbonyl (C=O) groups is 1. The summed E-state index contributed by atoms with van der Waals surface area (Å²) >= 11 is 0. The summed E-state index contributed by atoms with van der Waals surface area (Å²) in [5.41, 5.74) is 3.46. The number of aryl methyl sites for hydroxylation is 1. The lowest BCUT2D eigenvalue weighted by Gasteiger charge is -2.20. The summed E-state index contributed by atoms with van der Waals surface area (Å²) in [6.45, 7) is 3.61. The fourth-order valence-corrected chi connectivity index (χ4v) is 3.79. The summed E-state index contributed by atoms with van der Waals surface area (Å²) in [5, 5.41) is 2.97. The summed E-state index contributed by atoms with van der Waals surface area (Å²) in [6, 6.07) is 11.3. The molecule has 1 atom stereocenters. The van der Waals surface area contributed by atoms with Gasteiger partial charge in [0.2, 0.25) is 0 Å². The van der Waals surface area contributed by atoms with E-state index in [1.54, 1.807) is 14.2 Å². The number of fused-ring (bicyclic) bond motifs is 3. The number of benzene rings is 2. The Bertz CT molecular complexity index is 1030. The number of rotatable bonds is 5. The zero-order valence-corrected chi connectivity index (χ0v) is 16.5. The third kappa shape index (κ3) is 3.42. The third-order valence-corrected chi connectivity index (χ3v) is 5.39. The predicted octanol–water partition coefficient (Wildman–Crippen LogP) is 3.57. The molecule has 1 amide bonds. The Kier molecular flexibility index (Phi) is 4.94. The first kappa shape index (κ1) is 18.3. The molecule has 0 unspecified atom stereocenters. The van der Waals surface area contributed by atoms with Crippen LogP contribution < -0.4 is 14.8 Å². The van der Waals surface area contributed by atoms with E-state index in [-0.39, 0.29) is 5.91 Å². The minimum atomic E-state index is -0.133. The molecule has 1 N–H and O–H groups in total. The molecule has 1 aromatic heterocycles. The van der Waals surface area contributed by atoms with Crippen LogP contribution in [-0.4, -0.2) is 29.7 Å². The molecule has 2 aromatic carbocycles. The molecule has 0 saturated carbocycles. The highest BCUT2D eigenvalue weighted by atomic mass is 16.5. The summed E-state index contributed by atoms with van der Waals surface area (Å²) in [5.74, 6) is 3.08. The van der Waals surface area contributed by atoms with Gasteiger partial charge in [0.1, 0.15) is 17.3 Å². The van der Waals surface area contributed by atoms with Crippen molar-refractivity contribution in [3.05, 3.63) is 53.3 Å². The smallest absolute Gasteiger partial charge is 0.251 e. The largest absolute Gasteiger partial charge is 0.497 e. The molecule has 0 bridgehead atoms. The molecule has 3 aromatic rings. The zero-order valence-electron chi connectivity index (χ0n) is 16.5. The van der Waals surface area contributed by atoms with E-state index >= 15 is 0 Å². The number of hydrogen-bond donors (Lipinski definition) is 1. The van der Waals surface area contributed by atoms with Gasteiger partial charge in [-0.3, -0.25) is 4.79 Å². The highest BCUT2D eigenvalue weighted by molar-refractivity contribution is 5.97. The molecule has 0 fully saturated rings. The third-order valence-electron chi connectivity index (χ3n) is 5.39. The second-order valence-electron chi connectivity index (χ2n) is 7.34. The molecule has 1 aliphatic rings. The lowest BCUT2D eigenvalue weighted by Crippen LogP contribution is -2.23. The highest BCUT2D eigenvalue weighted by Crippen LogP contribution is 2.26. The number of imidazole rings is 1. The van der Waals surface area contributed by atoms with Crippen LogP contribution in [0.2, 0.25) is 0 Å². The van der Waals surface area contributed by atoms with Crippen molar-refractivity contribution in [2.75, 3.05) is 14.2 Å². The molecule has 6 nitrogen and oxygen atoms in total. The molecule has 146 valence electrons. The molecular formula is C22H25N3O3. The van der Waals surface area contributed by atoms with E-state index in [2.05, 4.69) is 16.8 Å². The molecule has 6 heteroatoms. The second kappa shape index (κ2) is 7.54. The Labute approximate surface area is 164 Å². The Morgan fingerprint density at radius 1 is 1.21 bits per heavy atom. The standard InChI is InChI=1S/C22H25N3O3/c1-14-8-9-25-19-6-4-15(12-18(19)24-21(25)10-14)22(26)23-13-16-11-17(27-2)5-7-20(16)28-3/h4-7,11-12,14H,8-10,13H2,1-3H3,(H,23,26)/t14-/m1/s1. The number of carbonyl (C=O) groups excluding carboxylic acids is 1. The number of nitrogens with zero attached hydrogens (tertiary/aromatic N) is 2. The number of nitrogens with one attached hydrogen (secondary N) is 1. The average Bonchev–Trinajstić information content (AvgIpc) is 3.08. The number of ether oxygens (including phenoxy) is 2. The van der Waals surface area contributed by atoms with Crippen LogP contribution in [0.15, 0.2) is 36.4 Å². The van der Waals surface area contributed by atoms with Crippen LogP contribution in [0.25, 0.3) is 11.0 Å². The van der Waals surface area contributed by atoms with Gasteiger partial charge in [0.25, 0.3) is 5.91 Å². The number of aromatic nitrogens is 2. The van der Waals surface area contributed by atoms with Crippen molar-refractivity contribution in [1.29, 1.82) is 0 Å². The molecule has 0 saturated heterocycles. The van der Waals surface area contributed by atoms with Crippen molar-refractivity contribution in [3.63, 3.8) is 0 Å². The van der Waals surface area contributed by atoms with Gasteiger partial charge in [-0.05, 0) is 48.7 Å². The van der Waals surface area contributed by atoms with Crippen molar-refractivity contribution < 1.29 is 14.3 Å². The molecule has 0 radical (unpaired) electrons. The summed E-state index contributed by atoms with van der Waals surface area (Å²) < 4.78 is 12.9. The van der Waals surface area contributed by atoms with Gasteiger partial charge in [-0.1, -0.05) is 6.92 Å². The fourth-order valence-electron chi connectivity index (χ4n) is 3.79. The first-order valence-corrected chi connectivity index (χ1v) is 9.57. The monoisotopic (exact) mass is 379 g/mol. The van der Waals surface area contributed by atoms with Gasteiger partial charge in [-0.25, -0.2) is 4.98 Å². The molecule has 1 aliphatic heterocycles. The van der Waals surface area contributed by atoms with Gasteiger partial charge in [0, 0.05) is 30.6 Å². The topological polar surface area (TPSA) is 65.4 Å². The van der Waals surface area contributed by atoms with Gasteiger partial charge in [0.05, 0.1) is 25.3 Å². The molecule has 0 aliphatic carbocycles. The normalized spacial score (nSPS) is 15.9. The first-order chi connectivity index (χ1) is 13.6. The number of methoxy groups -OCH3 is 2. The Morgan fingerprint density at radius 3 is 2.86 bits per heavy atom. The van der Waals surface area contributed by atoms with Gasteiger partial charge in [0.15, 0.2) is 0 Å². The van der Waals surface area contributed by atoms with Crippen LogP contribution in [0.1, 0.15) is 35.1 Å². The Morgan fingerprint density at radius 2 is 2.07 bits per heavy atom. The van der Waals surface area contributed by atoms with Gasteiger partial charge in [-0.15, -0.1) is 0 Å². The van der Waals surface area contributed by atoms with E-state index in [0.29, 0.717) is 23.8 Å². The Hall–Kier alpha value is -3.02. The maximum Gasteiger partial charge on any atom is 0.251 e. The van der Waals surface area contributed by atoms with Crippen LogP contribution in [-0.2, 0) is 19.5 Å². The van der Waals surface area contributed by atoms with Crippen molar-refractivity contribution in [2.45, 2.75) is 32.9 Å². The summed E-state index contributed by atoms with van der Waals surface area (Å²) in [4.78, 5) is 17.5. The average molecular weight is 379 g/mol. The van der Waals surface area contributed by atoms with Crippen LogP contribution in [0.3, 0.4) is 0 Å². The Balaban J connectivity index is 1.53. The predicted molar refractivity (Wildman–Crippen MR) is 108 cm³/mol. The van der Waals surface area contributed by atoms with E-state index < -0.39 is 0 Å². The van der Waals surface area contributed by atoms with Crippen LogP contribution >= 0.6 is 0 Å². The van der Waals surface area contributed by atoms with Crippen LogP contribution in [0, 0.1) is 5.92 Å². The van der Waals surface area contributed by atoms with Crippen molar-refractivity contribution >= 4 is 16.9 Å². The lowest BCUT2D eigenvalue weighted by molar-refractivity contribution is 0.0950. The summed E-state index contributed by atoms with van der Waals surface area (Å²) in [7, 11) is 3.23. The highest BCUT2D eigenvalue weighted by Gasteiger charge is 2.20. The van der Waals surface area contributed by atoms with Crippen LogP contribution in [0.5, 0.6) is 11.5 Å². The SMILES string of the molecule is COc1ccc(OC)c(CNC(=O)c2ccc3c(c2)nc2n3CC[C@@H](C)C2)c1. The molecule has 2 heterocycles. The second-order valence-corrected chi connectivity index (χ2v) is 7.34. The van der Waals surface area contributed by atoms with Crippen molar-refractivity contribution in [3.8, 4) is 11.5 Å². The molecule has 0 spiro atoms. The molecular weight excluding hydrogens is 354 g/mol. The van der Waals surface area contributed by atoms with Gasteiger partial charge >= 0.3 is 0 Å². The fraction of sp³-hybridized carbons (Fsp3) is 0.364. The van der Waals surface area contributed by atoms with Crippen molar-refractivity contribution in [2.24, 2.45) is 5.92 Å². The first-order valence-electron chi connectivity index (χ1n) is 9.57. The van der Waals surface area contributed by atoms with Crippen molar-refractivity contribution in [1.82, 2.24) is 14.9 Å². The van der Waals surface area contributed by atoms with E-state index in [1.807, 2.05) is 36.4 Å². The van der Waals surface area contributed by atoms with E-state index in [4.69, 9.17) is 14.5 Å². The lowest BCUT2D eigenvalue weighted by atomic mass is 10.0. The summed E-state index contributed by atoms with van der Waals surface area (Å²) in [6.07, 6.45) is 2.16. The quantitative estimate of drug-likeness (QED) is 0.736. The van der Waals surface area contributed by atoms with Gasteiger partial charge in [-0.2, -0.15) is 0 Å². The maximum absolute atomic E-state index is 12.7. The van der Waals surface area contributed by atoms with E-state index in [9.17, 15) is 4.79 Å².